The van der Waals surface area contributed by atoms with Gasteiger partial charge < -0.3 is 0 Å². The van der Waals surface area contributed by atoms with Crippen molar-refractivity contribution >= 4 is 16.3 Å². The SMILES string of the molecule is CCCCCC.CCCCCCCCC[CH2][AlH2]. The summed E-state index contributed by atoms with van der Waals surface area (Å²) in [7, 11) is 0. The van der Waals surface area contributed by atoms with Crippen LogP contribution in [0.3, 0.4) is 0 Å². The Kier molecular flexibility index (Phi) is 25.4. The van der Waals surface area contributed by atoms with Crippen molar-refractivity contribution in [1.82, 2.24) is 0 Å². The third-order valence-corrected chi connectivity index (χ3v) is 3.87. The first-order valence-corrected chi connectivity index (χ1v) is 9.74. The van der Waals surface area contributed by atoms with Crippen LogP contribution < -0.4 is 0 Å². The van der Waals surface area contributed by atoms with Gasteiger partial charge in [0.2, 0.25) is 16.3 Å². The first-order chi connectivity index (χ1) is 8.33. The van der Waals surface area contributed by atoms with Crippen LogP contribution in [0.15, 0.2) is 0 Å². The van der Waals surface area contributed by atoms with Crippen LogP contribution in [0.5, 0.6) is 0 Å². The lowest BCUT2D eigenvalue weighted by Gasteiger charge is -1.99. The van der Waals surface area contributed by atoms with E-state index in [-0.39, 0.29) is 0 Å². The second-order valence-electron chi connectivity index (χ2n) is 5.18. The van der Waals surface area contributed by atoms with Crippen LogP contribution in [-0.4, -0.2) is 16.3 Å². The van der Waals surface area contributed by atoms with Crippen LogP contribution in [0.25, 0.3) is 0 Å². The molecule has 17 heavy (non-hydrogen) atoms. The van der Waals surface area contributed by atoms with Gasteiger partial charge in [-0.2, -0.15) is 0 Å². The predicted molar refractivity (Wildman–Crippen MR) is 85.8 cm³/mol. The molecule has 0 spiro atoms. The summed E-state index contributed by atoms with van der Waals surface area (Å²) < 4.78 is 0. The first-order valence-electron chi connectivity index (χ1n) is 8.33. The highest BCUT2D eigenvalue weighted by molar-refractivity contribution is 6.08. The van der Waals surface area contributed by atoms with Gasteiger partial charge in [0.05, 0.1) is 0 Å². The maximum atomic E-state index is 2.28. The molecule has 0 saturated carbocycles. The van der Waals surface area contributed by atoms with Crippen molar-refractivity contribution in [2.24, 2.45) is 0 Å². The molecule has 0 amide bonds. The summed E-state index contributed by atoms with van der Waals surface area (Å²) in [5.74, 6) is 0. The average molecular weight is 256 g/mol. The van der Waals surface area contributed by atoms with Gasteiger partial charge in [-0.1, -0.05) is 97.8 Å². The Balaban J connectivity index is 0. The zero-order valence-corrected chi connectivity index (χ0v) is 15.2. The molecule has 0 aromatic carbocycles. The fourth-order valence-corrected chi connectivity index (χ4v) is 2.38. The van der Waals surface area contributed by atoms with Gasteiger partial charge in [-0.15, -0.1) is 5.28 Å². The molecule has 0 heterocycles. The molecule has 0 bridgehead atoms. The van der Waals surface area contributed by atoms with Crippen molar-refractivity contribution in [2.45, 2.75) is 103 Å². The normalized spacial score (nSPS) is 9.82. The second-order valence-corrected chi connectivity index (χ2v) is 6.18. The van der Waals surface area contributed by atoms with Gasteiger partial charge in [-0.25, -0.2) is 0 Å². The molecule has 104 valence electrons. The fraction of sp³-hybridized carbons (Fsp3) is 1.00. The molecular weight excluding hydrogens is 219 g/mol. The minimum Gasteiger partial charge on any atom is -0.101 e. The number of rotatable bonds is 11. The molecule has 0 radical (unpaired) electrons. The van der Waals surface area contributed by atoms with Gasteiger partial charge in [0, 0.05) is 0 Å². The molecule has 0 aromatic rings. The van der Waals surface area contributed by atoms with Crippen molar-refractivity contribution in [3.05, 3.63) is 0 Å². The van der Waals surface area contributed by atoms with Gasteiger partial charge in [0.25, 0.3) is 0 Å². The Morgan fingerprint density at radius 1 is 0.471 bits per heavy atom. The van der Waals surface area contributed by atoms with Crippen molar-refractivity contribution in [1.29, 1.82) is 0 Å². The van der Waals surface area contributed by atoms with E-state index >= 15 is 0 Å². The molecule has 0 nitrogen and oxygen atoms in total. The summed E-state index contributed by atoms with van der Waals surface area (Å²) in [4.78, 5) is 0. The Bertz CT molecular complexity index is 89.7. The largest absolute Gasteiger partial charge is 0.211 e. The maximum Gasteiger partial charge on any atom is 0.211 e. The first kappa shape index (κ1) is 19.9. The van der Waals surface area contributed by atoms with Crippen LogP contribution in [-0.2, 0) is 0 Å². The van der Waals surface area contributed by atoms with Gasteiger partial charge in [-0.3, -0.25) is 0 Å². The van der Waals surface area contributed by atoms with E-state index in [1.54, 1.807) is 0 Å². The molecule has 0 unspecified atom stereocenters. The highest BCUT2D eigenvalue weighted by atomic mass is 27.0. The van der Waals surface area contributed by atoms with Crippen molar-refractivity contribution < 1.29 is 0 Å². The molecule has 0 N–H and O–H groups in total. The molecule has 0 fully saturated rings. The number of hydrogen-bond donors (Lipinski definition) is 0. The smallest absolute Gasteiger partial charge is 0.101 e. The van der Waals surface area contributed by atoms with Gasteiger partial charge in [0.1, 0.15) is 0 Å². The van der Waals surface area contributed by atoms with E-state index < -0.39 is 0 Å². The number of hydrogen-bond acceptors (Lipinski definition) is 0. The van der Waals surface area contributed by atoms with Gasteiger partial charge in [0.15, 0.2) is 0 Å². The highest BCUT2D eigenvalue weighted by Gasteiger charge is 1.89. The standard InChI is InChI=1S/C10H21.C6H14.Al.2H/c1-3-5-7-9-10-8-6-4-2;1-3-5-6-4-2;;;/h1,3-10H2,2H3;3-6H2,1-2H3;;;. The van der Waals surface area contributed by atoms with Crippen molar-refractivity contribution in [3.8, 4) is 0 Å². The topological polar surface area (TPSA) is 0 Å². The van der Waals surface area contributed by atoms with E-state index in [0.29, 0.717) is 0 Å². The van der Waals surface area contributed by atoms with Crippen LogP contribution in [0.2, 0.25) is 5.28 Å². The van der Waals surface area contributed by atoms with Crippen LogP contribution in [0.1, 0.15) is 97.8 Å². The van der Waals surface area contributed by atoms with Gasteiger partial charge in [-0.05, 0) is 0 Å². The molecule has 0 aromatic heterocycles. The molecule has 1 heteroatoms. The lowest BCUT2D eigenvalue weighted by atomic mass is 10.1. The van der Waals surface area contributed by atoms with E-state index in [9.17, 15) is 0 Å². The highest BCUT2D eigenvalue weighted by Crippen LogP contribution is 2.08. The third-order valence-electron chi connectivity index (χ3n) is 3.16. The quantitative estimate of drug-likeness (QED) is 0.325. The summed E-state index contributed by atoms with van der Waals surface area (Å²) in [5, 5.41) is 1.51. The molecule has 0 rings (SSSR count). The Hall–Kier alpha value is 0.532. The Morgan fingerprint density at radius 3 is 1.12 bits per heavy atom. The van der Waals surface area contributed by atoms with Gasteiger partial charge >= 0.3 is 0 Å². The minimum absolute atomic E-state index is 1.36. The maximum absolute atomic E-state index is 2.28. The van der Waals surface area contributed by atoms with E-state index in [1.165, 1.54) is 98.6 Å². The second kappa shape index (κ2) is 21.8. The average Bonchev–Trinajstić information content (AvgIpc) is 2.36. The molecular formula is C16H37Al. The summed E-state index contributed by atoms with van der Waals surface area (Å²) >= 11 is 1.41. The van der Waals surface area contributed by atoms with E-state index in [4.69, 9.17) is 0 Å². The summed E-state index contributed by atoms with van der Waals surface area (Å²) in [5.41, 5.74) is 0. The van der Waals surface area contributed by atoms with E-state index in [0.717, 1.165) is 0 Å². The minimum atomic E-state index is 1.36. The number of unbranched alkanes of at least 4 members (excludes halogenated alkanes) is 10. The monoisotopic (exact) mass is 256 g/mol. The Labute approximate surface area is 119 Å². The summed E-state index contributed by atoms with van der Waals surface area (Å²) in [6.07, 6.45) is 17.3. The fourth-order valence-electron chi connectivity index (χ4n) is 1.88. The molecule has 0 aliphatic heterocycles. The lowest BCUT2D eigenvalue weighted by molar-refractivity contribution is 0.585. The van der Waals surface area contributed by atoms with E-state index in [1.807, 2.05) is 0 Å². The lowest BCUT2D eigenvalue weighted by Crippen LogP contribution is -1.79. The van der Waals surface area contributed by atoms with E-state index in [2.05, 4.69) is 20.8 Å². The summed E-state index contributed by atoms with van der Waals surface area (Å²) in [6.45, 7) is 6.74. The van der Waals surface area contributed by atoms with Crippen molar-refractivity contribution in [2.75, 3.05) is 0 Å². The molecule has 0 aliphatic rings. The Morgan fingerprint density at radius 2 is 0.765 bits per heavy atom. The summed E-state index contributed by atoms with van der Waals surface area (Å²) in [6, 6.07) is 0. The van der Waals surface area contributed by atoms with Crippen LogP contribution in [0.4, 0.5) is 0 Å². The van der Waals surface area contributed by atoms with Crippen molar-refractivity contribution in [3.63, 3.8) is 0 Å². The zero-order valence-electron chi connectivity index (χ0n) is 13.2. The zero-order chi connectivity index (χ0) is 13.2. The molecule has 0 saturated heterocycles. The van der Waals surface area contributed by atoms with Crippen LogP contribution >= 0.6 is 0 Å². The predicted octanol–water partition coefficient (Wildman–Crippen LogP) is 5.77. The molecule has 0 atom stereocenters. The third kappa shape index (κ3) is 26.3. The van der Waals surface area contributed by atoms with Crippen LogP contribution in [0, 0.1) is 0 Å². The molecule has 0 aliphatic carbocycles.